The lowest BCUT2D eigenvalue weighted by molar-refractivity contribution is 1.35. The van der Waals surface area contributed by atoms with Gasteiger partial charge in [-0.2, -0.15) is 0 Å². The normalized spacial score (nSPS) is 12.0. The Morgan fingerprint density at radius 2 is 0.700 bits per heavy atom. The lowest BCUT2D eigenvalue weighted by Crippen LogP contribution is -1.90. The number of hydrogen-bond donors (Lipinski definition) is 0. The van der Waals surface area contributed by atoms with Crippen LogP contribution in [0.3, 0.4) is 0 Å². The average molecular weight is 332 g/mol. The lowest BCUT2D eigenvalue weighted by atomic mass is 10.1. The Balaban J connectivity index is 2.00. The van der Waals surface area contributed by atoms with Gasteiger partial charge in [-0.15, -0.1) is 45.3 Å². The SMILES string of the molecule is c1nc2c(s1)-c1ncsc1-c1ncsc1-c1ncsc1-2. The zero-order chi connectivity index (χ0) is 13.1. The molecule has 0 bridgehead atoms. The summed E-state index contributed by atoms with van der Waals surface area (Å²) in [6.45, 7) is 0. The Morgan fingerprint density at radius 1 is 0.450 bits per heavy atom. The van der Waals surface area contributed by atoms with Gasteiger partial charge in [0.1, 0.15) is 22.8 Å². The van der Waals surface area contributed by atoms with Crippen LogP contribution < -0.4 is 0 Å². The minimum Gasteiger partial charge on any atom is -0.243 e. The molecule has 8 heteroatoms. The maximum atomic E-state index is 4.55. The Labute approximate surface area is 129 Å². The van der Waals surface area contributed by atoms with Crippen molar-refractivity contribution < 1.29 is 0 Å². The molecule has 0 N–H and O–H groups in total. The topological polar surface area (TPSA) is 51.6 Å². The summed E-state index contributed by atoms with van der Waals surface area (Å²) in [6, 6.07) is 0. The average Bonchev–Trinajstić information content (AvgIpc) is 3.21. The largest absolute Gasteiger partial charge is 0.243 e. The van der Waals surface area contributed by atoms with E-state index in [0.717, 1.165) is 42.3 Å². The highest BCUT2D eigenvalue weighted by molar-refractivity contribution is 7.19. The summed E-state index contributed by atoms with van der Waals surface area (Å²) in [5.74, 6) is 0. The fourth-order valence-electron chi connectivity index (χ4n) is 2.30. The highest BCUT2D eigenvalue weighted by Crippen LogP contribution is 2.50. The second-order valence-corrected chi connectivity index (χ2v) is 7.54. The van der Waals surface area contributed by atoms with Crippen LogP contribution in [0.5, 0.6) is 0 Å². The molecule has 0 fully saturated rings. The van der Waals surface area contributed by atoms with Crippen molar-refractivity contribution in [3.05, 3.63) is 22.0 Å². The highest BCUT2D eigenvalue weighted by atomic mass is 32.1. The summed E-state index contributed by atoms with van der Waals surface area (Å²) in [7, 11) is 0. The van der Waals surface area contributed by atoms with Crippen molar-refractivity contribution in [1.82, 2.24) is 19.9 Å². The van der Waals surface area contributed by atoms with E-state index in [2.05, 4.69) is 19.9 Å². The van der Waals surface area contributed by atoms with Gasteiger partial charge in [-0.3, -0.25) is 0 Å². The second-order valence-electron chi connectivity index (χ2n) is 4.12. The third kappa shape index (κ3) is 1.34. The van der Waals surface area contributed by atoms with Crippen molar-refractivity contribution >= 4 is 45.3 Å². The Bertz CT molecular complexity index is 681. The van der Waals surface area contributed by atoms with Gasteiger partial charge >= 0.3 is 0 Å². The third-order valence-electron chi connectivity index (χ3n) is 3.13. The van der Waals surface area contributed by atoms with E-state index in [4.69, 9.17) is 0 Å². The van der Waals surface area contributed by atoms with Crippen LogP contribution in [0, 0.1) is 0 Å². The first-order chi connectivity index (χ1) is 9.93. The fourth-order valence-corrected chi connectivity index (χ4v) is 5.75. The maximum Gasteiger partial charge on any atom is 0.103 e. The van der Waals surface area contributed by atoms with Gasteiger partial charge < -0.3 is 0 Å². The van der Waals surface area contributed by atoms with Crippen LogP contribution in [0.2, 0.25) is 0 Å². The minimum atomic E-state index is 0.999. The molecule has 0 spiro atoms. The molecule has 0 unspecified atom stereocenters. The quantitative estimate of drug-likeness (QED) is 0.419. The Kier molecular flexibility index (Phi) is 2.25. The van der Waals surface area contributed by atoms with Crippen LogP contribution in [0.1, 0.15) is 0 Å². The van der Waals surface area contributed by atoms with E-state index >= 15 is 0 Å². The van der Waals surface area contributed by atoms with E-state index in [1.165, 1.54) is 0 Å². The van der Waals surface area contributed by atoms with Gasteiger partial charge in [-0.25, -0.2) is 19.9 Å². The van der Waals surface area contributed by atoms with Crippen molar-refractivity contribution in [2.75, 3.05) is 0 Å². The number of fused-ring (bicyclic) bond motifs is 8. The maximum absolute atomic E-state index is 4.55. The first kappa shape index (κ1) is 11.2. The van der Waals surface area contributed by atoms with Crippen LogP contribution in [0.15, 0.2) is 22.0 Å². The first-order valence-corrected chi connectivity index (χ1v) is 9.21. The smallest absolute Gasteiger partial charge is 0.103 e. The molecule has 0 atom stereocenters. The molecular formula is C12H4N4S4. The summed E-state index contributed by atoms with van der Waals surface area (Å²) in [5, 5.41) is 0. The highest BCUT2D eigenvalue weighted by Gasteiger charge is 2.28. The number of hydrogen-bond acceptors (Lipinski definition) is 8. The van der Waals surface area contributed by atoms with Crippen LogP contribution in [-0.2, 0) is 0 Å². The van der Waals surface area contributed by atoms with E-state index in [1.807, 2.05) is 22.0 Å². The van der Waals surface area contributed by atoms with Gasteiger partial charge in [0.15, 0.2) is 0 Å². The molecule has 96 valence electrons. The molecule has 0 saturated heterocycles. The number of aromatic nitrogens is 4. The Hall–Kier alpha value is -1.48. The molecule has 4 heterocycles. The molecule has 0 saturated carbocycles. The van der Waals surface area contributed by atoms with Gasteiger partial charge in [0, 0.05) is 0 Å². The van der Waals surface area contributed by atoms with Crippen molar-refractivity contribution in [1.29, 1.82) is 0 Å². The standard InChI is InChI=1S/C12H4N4S4/c1-13-5-9(17-1)6-11(19-2-14-6)8-12(20-4-16-8)7-10(5)18-3-15-7/h1-4H. The van der Waals surface area contributed by atoms with E-state index < -0.39 is 0 Å². The van der Waals surface area contributed by atoms with Crippen LogP contribution >= 0.6 is 45.3 Å². The molecule has 4 nitrogen and oxygen atoms in total. The molecule has 1 aliphatic carbocycles. The van der Waals surface area contributed by atoms with E-state index in [-0.39, 0.29) is 0 Å². The predicted octanol–water partition coefficient (Wildman–Crippen LogP) is 4.49. The third-order valence-corrected chi connectivity index (χ3v) is 6.46. The monoisotopic (exact) mass is 332 g/mol. The fraction of sp³-hybridized carbons (Fsp3) is 0. The van der Waals surface area contributed by atoms with E-state index in [9.17, 15) is 0 Å². The number of nitrogens with zero attached hydrogens (tertiary/aromatic N) is 4. The van der Waals surface area contributed by atoms with Crippen molar-refractivity contribution in [3.63, 3.8) is 0 Å². The van der Waals surface area contributed by atoms with Gasteiger partial charge in [-0.1, -0.05) is 0 Å². The minimum absolute atomic E-state index is 0.999. The predicted molar refractivity (Wildman–Crippen MR) is 84.4 cm³/mol. The molecule has 0 aliphatic heterocycles. The van der Waals surface area contributed by atoms with E-state index in [1.54, 1.807) is 45.3 Å². The van der Waals surface area contributed by atoms with Gasteiger partial charge in [0.2, 0.25) is 0 Å². The molecule has 4 aromatic rings. The number of thiazole rings is 4. The second kappa shape index (κ2) is 4.01. The molecule has 0 radical (unpaired) electrons. The summed E-state index contributed by atoms with van der Waals surface area (Å²) in [4.78, 5) is 22.6. The summed E-state index contributed by atoms with van der Waals surface area (Å²) in [6.07, 6.45) is 0. The summed E-state index contributed by atoms with van der Waals surface area (Å²) >= 11 is 6.51. The Morgan fingerprint density at radius 3 is 0.950 bits per heavy atom. The molecular weight excluding hydrogens is 328 g/mol. The van der Waals surface area contributed by atoms with Crippen molar-refractivity contribution in [2.24, 2.45) is 0 Å². The zero-order valence-corrected chi connectivity index (χ0v) is 13.0. The van der Waals surface area contributed by atoms with Crippen molar-refractivity contribution in [2.45, 2.75) is 0 Å². The van der Waals surface area contributed by atoms with Crippen molar-refractivity contribution in [3.8, 4) is 42.3 Å². The van der Waals surface area contributed by atoms with Crippen LogP contribution in [-0.4, -0.2) is 19.9 Å². The zero-order valence-electron chi connectivity index (χ0n) is 9.73. The molecule has 4 aromatic heterocycles. The molecule has 0 amide bonds. The van der Waals surface area contributed by atoms with Gasteiger partial charge in [-0.05, 0) is 0 Å². The lowest BCUT2D eigenvalue weighted by Gasteiger charge is -2.07. The molecule has 20 heavy (non-hydrogen) atoms. The van der Waals surface area contributed by atoms with Gasteiger partial charge in [0.05, 0.1) is 41.6 Å². The molecule has 0 aromatic carbocycles. The van der Waals surface area contributed by atoms with Gasteiger partial charge in [0.25, 0.3) is 0 Å². The molecule has 1 aliphatic rings. The summed E-state index contributed by atoms with van der Waals surface area (Å²) in [5.41, 5.74) is 11.5. The number of rotatable bonds is 0. The van der Waals surface area contributed by atoms with Crippen LogP contribution in [0.25, 0.3) is 42.3 Å². The molecule has 5 rings (SSSR count). The first-order valence-electron chi connectivity index (χ1n) is 5.69. The van der Waals surface area contributed by atoms with E-state index in [0.29, 0.717) is 0 Å². The van der Waals surface area contributed by atoms with Crippen LogP contribution in [0.4, 0.5) is 0 Å². The summed E-state index contributed by atoms with van der Waals surface area (Å²) < 4.78 is 0.